The maximum absolute atomic E-state index is 14.6. The molecule has 1 N–H and O–H groups in total. The molecule has 9 rings (SSSR count). The summed E-state index contributed by atoms with van der Waals surface area (Å²) >= 11 is 0. The van der Waals surface area contributed by atoms with Crippen LogP contribution >= 0.6 is 0 Å². The van der Waals surface area contributed by atoms with Crippen LogP contribution in [0.25, 0.3) is 0 Å². The number of likely N-dealkylation sites (tertiary alicyclic amines) is 3. The molecular weight excluding hydrogens is 812 g/mol. The molecule has 13 nitrogen and oxygen atoms in total. The van der Waals surface area contributed by atoms with E-state index in [1.165, 1.54) is 34.1 Å². The summed E-state index contributed by atoms with van der Waals surface area (Å²) in [5.74, 6) is -3.85. The average Bonchev–Trinajstić information content (AvgIpc) is 3.78. The Labute approximate surface area is 348 Å². The molecule has 2 aliphatic carbocycles. The van der Waals surface area contributed by atoms with Gasteiger partial charge in [0, 0.05) is 62.2 Å². The van der Waals surface area contributed by atoms with Gasteiger partial charge in [0.25, 0.3) is 5.91 Å². The molecule has 2 aromatic rings. The van der Waals surface area contributed by atoms with Crippen molar-refractivity contribution in [3.05, 3.63) is 53.3 Å². The minimum atomic E-state index is -4.74. The number of fused-ring (bicyclic) bond motifs is 3. The second-order valence-electron chi connectivity index (χ2n) is 18.2. The highest BCUT2D eigenvalue weighted by Gasteiger charge is 2.72. The van der Waals surface area contributed by atoms with Crippen LogP contribution in [-0.4, -0.2) is 125 Å². The number of aromatic nitrogens is 2. The molecule has 330 valence electrons. The molecular formula is C42H49F6N7O6. The number of hydrogen-bond donors (Lipinski definition) is 1. The van der Waals surface area contributed by atoms with Crippen LogP contribution in [-0.2, 0) is 36.6 Å². The van der Waals surface area contributed by atoms with E-state index in [1.807, 2.05) is 0 Å². The topological polar surface area (TPSA) is 150 Å². The summed E-state index contributed by atoms with van der Waals surface area (Å²) in [6, 6.07) is 5.58. The zero-order chi connectivity index (χ0) is 43.5. The lowest BCUT2D eigenvalue weighted by Gasteiger charge is -2.51. The van der Waals surface area contributed by atoms with Gasteiger partial charge < -0.3 is 29.5 Å². The summed E-state index contributed by atoms with van der Waals surface area (Å²) in [5, 5.41) is 16.6. The first-order chi connectivity index (χ1) is 28.8. The smallest absolute Gasteiger partial charge is 0.378 e. The van der Waals surface area contributed by atoms with Gasteiger partial charge >= 0.3 is 12.4 Å². The quantitative estimate of drug-likeness (QED) is 0.317. The van der Waals surface area contributed by atoms with Crippen molar-refractivity contribution in [2.45, 2.75) is 95.4 Å². The number of benzene rings is 1. The molecule has 6 heterocycles. The number of ether oxygens (including phenoxy) is 2. The number of carbonyl (C=O) groups excluding carboxylic acids is 4. The first-order valence-corrected chi connectivity index (χ1v) is 20.9. The molecule has 7 fully saturated rings. The van der Waals surface area contributed by atoms with Crippen molar-refractivity contribution in [2.75, 3.05) is 52.5 Å². The molecule has 1 aromatic carbocycles. The molecule has 61 heavy (non-hydrogen) atoms. The molecule has 0 unspecified atom stereocenters. The standard InChI is InChI=1S/C42H49F6N7O6/c1-26(60-24-38-10-6-31(7-11-38)61-25-38)33(36(58)52-14-8-27(16-49)9-15-52)51-34(56)32-20-53(21-39(32)22-54(23-39)37(59)40(12-13-40)42(46,47)48)35(57)29-17-50-55(19-29)18-28-2-4-30(5-3-28)41(43,44)45/h2-5,17,19,26-27,31-33H,6-15,18,20-25H2,1H3,(H,51,56)/t26-,31?,32+,33+,38?/m1/s1. The first kappa shape index (κ1) is 43.0. The minimum Gasteiger partial charge on any atom is -0.378 e. The average molecular weight is 862 g/mol. The van der Waals surface area contributed by atoms with Gasteiger partial charge in [0.1, 0.15) is 11.5 Å². The molecule has 5 saturated heterocycles. The Morgan fingerprint density at radius 1 is 0.951 bits per heavy atom. The largest absolute Gasteiger partial charge is 0.416 e. The van der Waals surface area contributed by atoms with E-state index in [0.717, 1.165) is 42.7 Å². The SMILES string of the molecule is C[C@@H](OCC12CCC(CC1)OC2)[C@H](NC(=O)[C@@H]1CN(C(=O)c2cnn(Cc3ccc(C(F)(F)F)cc3)c2)CC12CN(C(=O)C1(C(F)(F)F)CC1)C2)C(=O)N1CCC(C#N)CC1. The lowest BCUT2D eigenvalue weighted by Crippen LogP contribution is -2.67. The molecule has 7 aliphatic rings. The molecule has 2 bridgehead atoms. The predicted octanol–water partition coefficient (Wildman–Crippen LogP) is 4.80. The van der Waals surface area contributed by atoms with Crippen LogP contribution in [0.15, 0.2) is 36.7 Å². The Kier molecular flexibility index (Phi) is 11.2. The molecule has 1 aromatic heterocycles. The fourth-order valence-corrected chi connectivity index (χ4v) is 9.90. The fraction of sp³-hybridized carbons (Fsp3) is 0.667. The van der Waals surface area contributed by atoms with Gasteiger partial charge in [-0.1, -0.05) is 12.1 Å². The van der Waals surface area contributed by atoms with E-state index in [4.69, 9.17) is 9.47 Å². The number of hydrogen-bond acceptors (Lipinski definition) is 8. The second kappa shape index (κ2) is 15.9. The summed E-state index contributed by atoms with van der Waals surface area (Å²) in [6.45, 7) is 2.52. The molecule has 3 atom stereocenters. The number of piperidine rings is 1. The van der Waals surface area contributed by atoms with E-state index in [1.54, 1.807) is 11.8 Å². The van der Waals surface area contributed by atoms with Gasteiger partial charge in [-0.25, -0.2) is 0 Å². The summed E-state index contributed by atoms with van der Waals surface area (Å²) in [7, 11) is 0. The fourth-order valence-electron chi connectivity index (χ4n) is 9.90. The monoisotopic (exact) mass is 861 g/mol. The number of alkyl halides is 6. The van der Waals surface area contributed by atoms with E-state index in [-0.39, 0.29) is 68.6 Å². The van der Waals surface area contributed by atoms with Crippen molar-refractivity contribution < 1.29 is 55.0 Å². The zero-order valence-corrected chi connectivity index (χ0v) is 33.8. The van der Waals surface area contributed by atoms with Gasteiger partial charge in [-0.05, 0) is 76.0 Å². The normalized spacial score (nSPS) is 26.7. The number of nitrogens with zero attached hydrogens (tertiary/aromatic N) is 6. The highest BCUT2D eigenvalue weighted by molar-refractivity contribution is 5.96. The van der Waals surface area contributed by atoms with Crippen molar-refractivity contribution in [3.63, 3.8) is 0 Å². The second-order valence-corrected chi connectivity index (χ2v) is 18.2. The Hall–Kier alpha value is -4.70. The Bertz CT molecular complexity index is 2030. The molecule has 5 aliphatic heterocycles. The lowest BCUT2D eigenvalue weighted by molar-refractivity contribution is -0.205. The van der Waals surface area contributed by atoms with Crippen LogP contribution < -0.4 is 5.32 Å². The Morgan fingerprint density at radius 3 is 2.18 bits per heavy atom. The third-order valence-electron chi connectivity index (χ3n) is 14.1. The summed E-state index contributed by atoms with van der Waals surface area (Å²) in [4.78, 5) is 60.4. The van der Waals surface area contributed by atoms with Crippen LogP contribution in [0.4, 0.5) is 26.3 Å². The van der Waals surface area contributed by atoms with Crippen molar-refractivity contribution >= 4 is 23.6 Å². The van der Waals surface area contributed by atoms with Crippen LogP contribution in [0, 0.1) is 39.4 Å². The Balaban J connectivity index is 1.01. The number of nitrogens with one attached hydrogen (secondary N) is 1. The maximum atomic E-state index is 14.6. The summed E-state index contributed by atoms with van der Waals surface area (Å²) in [6.07, 6.45) is -3.21. The van der Waals surface area contributed by atoms with Gasteiger partial charge in [0.05, 0.1) is 61.3 Å². The first-order valence-electron chi connectivity index (χ1n) is 20.9. The maximum Gasteiger partial charge on any atom is 0.416 e. The molecule has 19 heteroatoms. The highest BCUT2D eigenvalue weighted by Crippen LogP contribution is 2.60. The predicted molar refractivity (Wildman–Crippen MR) is 202 cm³/mol. The number of nitriles is 1. The van der Waals surface area contributed by atoms with Crippen LogP contribution in [0.5, 0.6) is 0 Å². The third kappa shape index (κ3) is 8.33. The van der Waals surface area contributed by atoms with Crippen molar-refractivity contribution in [3.8, 4) is 6.07 Å². The van der Waals surface area contributed by atoms with E-state index in [2.05, 4.69) is 16.5 Å². The van der Waals surface area contributed by atoms with Gasteiger partial charge in [-0.3, -0.25) is 23.9 Å². The van der Waals surface area contributed by atoms with E-state index in [9.17, 15) is 50.8 Å². The molecule has 1 spiro atoms. The van der Waals surface area contributed by atoms with Crippen LogP contribution in [0.2, 0.25) is 0 Å². The third-order valence-corrected chi connectivity index (χ3v) is 14.1. The number of rotatable bonds is 11. The van der Waals surface area contributed by atoms with Crippen LogP contribution in [0.1, 0.15) is 79.8 Å². The van der Waals surface area contributed by atoms with Crippen molar-refractivity contribution in [1.29, 1.82) is 5.26 Å². The lowest BCUT2D eigenvalue weighted by atomic mass is 9.70. The van der Waals surface area contributed by atoms with Crippen molar-refractivity contribution in [1.82, 2.24) is 29.8 Å². The van der Waals surface area contributed by atoms with Gasteiger partial charge in [-0.2, -0.15) is 36.7 Å². The minimum absolute atomic E-state index is 0.0525. The summed E-state index contributed by atoms with van der Waals surface area (Å²) < 4.78 is 95.1. The van der Waals surface area contributed by atoms with E-state index >= 15 is 0 Å². The number of amides is 4. The summed E-state index contributed by atoms with van der Waals surface area (Å²) in [5.41, 5.74) is -4.02. The number of halogens is 6. The molecule has 2 saturated carbocycles. The van der Waals surface area contributed by atoms with E-state index < -0.39 is 70.4 Å². The van der Waals surface area contributed by atoms with Gasteiger partial charge in [-0.15, -0.1) is 0 Å². The van der Waals surface area contributed by atoms with E-state index in [0.29, 0.717) is 44.7 Å². The van der Waals surface area contributed by atoms with Crippen LogP contribution in [0.3, 0.4) is 0 Å². The highest BCUT2D eigenvalue weighted by atomic mass is 19.4. The van der Waals surface area contributed by atoms with Gasteiger partial charge in [0.15, 0.2) is 0 Å². The van der Waals surface area contributed by atoms with Gasteiger partial charge in [0.2, 0.25) is 17.7 Å². The molecule has 0 radical (unpaired) electrons. The number of carbonyl (C=O) groups is 4. The Morgan fingerprint density at radius 2 is 1.61 bits per heavy atom. The molecule has 4 amide bonds. The zero-order valence-electron chi connectivity index (χ0n) is 33.8. The van der Waals surface area contributed by atoms with Crippen molar-refractivity contribution in [2.24, 2.45) is 28.1 Å².